The lowest BCUT2D eigenvalue weighted by Gasteiger charge is -2.10. The quantitative estimate of drug-likeness (QED) is 0.908. The smallest absolute Gasteiger partial charge is 0.123 e. The fraction of sp³-hybridized carbons (Fsp3) is 0.357. The Bertz CT molecular complexity index is 551. The Labute approximate surface area is 121 Å². The first kappa shape index (κ1) is 13.9. The topological polar surface area (TPSA) is 39.1 Å². The minimum Gasteiger partial charge on any atom is -0.496 e. The fourth-order valence-electron chi connectivity index (χ4n) is 1.79. The second kappa shape index (κ2) is 6.10. The summed E-state index contributed by atoms with van der Waals surface area (Å²) in [5.74, 6) is 0.881. The Hall–Kier alpha value is -1.49. The zero-order valence-electron chi connectivity index (χ0n) is 11.4. The molecule has 1 N–H and O–H groups in total. The Balaban J connectivity index is 2.07. The van der Waals surface area contributed by atoms with Gasteiger partial charge in [-0.05, 0) is 32.0 Å². The number of hydrogen-bond donors (Lipinski definition) is 1. The Morgan fingerprint density at radius 1 is 1.42 bits per heavy atom. The van der Waals surface area contributed by atoms with Crippen molar-refractivity contribution in [2.45, 2.75) is 26.4 Å². The number of benzene rings is 1. The molecule has 0 aliphatic rings. The molecule has 0 unspecified atom stereocenters. The van der Waals surface area contributed by atoms with Gasteiger partial charge in [-0.1, -0.05) is 15.9 Å². The highest BCUT2D eigenvalue weighted by molar-refractivity contribution is 9.10. The molecule has 0 bridgehead atoms. The molecule has 0 aliphatic heterocycles. The molecule has 0 radical (unpaired) electrons. The number of nitrogens with one attached hydrogen (secondary N) is 1. The van der Waals surface area contributed by atoms with E-state index in [-0.39, 0.29) is 0 Å². The predicted molar refractivity (Wildman–Crippen MR) is 80.6 cm³/mol. The highest BCUT2D eigenvalue weighted by atomic mass is 79.9. The normalized spacial score (nSPS) is 10.8. The molecule has 2 rings (SSSR count). The average Bonchev–Trinajstić information content (AvgIpc) is 2.85. The van der Waals surface area contributed by atoms with Crippen LogP contribution in [0.15, 0.2) is 35.1 Å². The molecule has 0 amide bonds. The molecule has 1 heterocycles. The minimum atomic E-state index is 0.371. The highest BCUT2D eigenvalue weighted by Gasteiger charge is 2.05. The van der Waals surface area contributed by atoms with Gasteiger partial charge in [0, 0.05) is 28.8 Å². The molecular formula is C14H18BrN3O. The van der Waals surface area contributed by atoms with Crippen LogP contribution in [0, 0.1) is 0 Å². The Kier molecular flexibility index (Phi) is 4.47. The van der Waals surface area contributed by atoms with Gasteiger partial charge >= 0.3 is 0 Å². The Morgan fingerprint density at radius 2 is 2.21 bits per heavy atom. The van der Waals surface area contributed by atoms with Gasteiger partial charge in [0.25, 0.3) is 0 Å². The van der Waals surface area contributed by atoms with Crippen molar-refractivity contribution in [3.8, 4) is 5.75 Å². The van der Waals surface area contributed by atoms with Crippen LogP contribution in [0.4, 0.5) is 5.69 Å². The summed E-state index contributed by atoms with van der Waals surface area (Å²) in [5, 5.41) is 7.66. The van der Waals surface area contributed by atoms with Crippen molar-refractivity contribution in [1.29, 1.82) is 0 Å². The van der Waals surface area contributed by atoms with Gasteiger partial charge in [0.2, 0.25) is 0 Å². The van der Waals surface area contributed by atoms with Crippen molar-refractivity contribution >= 4 is 21.6 Å². The molecule has 102 valence electrons. The fourth-order valence-corrected chi connectivity index (χ4v) is 2.20. The van der Waals surface area contributed by atoms with Gasteiger partial charge < -0.3 is 10.1 Å². The summed E-state index contributed by atoms with van der Waals surface area (Å²) in [6, 6.07) is 6.35. The molecule has 5 heteroatoms. The van der Waals surface area contributed by atoms with Crippen LogP contribution in [0.2, 0.25) is 0 Å². The molecule has 1 aromatic carbocycles. The standard InChI is InChI=1S/C14H18BrN3O/c1-10(2)18-9-13(8-17-18)16-7-11-6-12(15)4-5-14(11)19-3/h4-6,8-10,16H,7H2,1-3H3. The maximum atomic E-state index is 5.35. The summed E-state index contributed by atoms with van der Waals surface area (Å²) >= 11 is 3.48. The molecule has 0 atom stereocenters. The third-order valence-corrected chi connectivity index (χ3v) is 3.35. The van der Waals surface area contributed by atoms with Crippen molar-refractivity contribution in [1.82, 2.24) is 9.78 Å². The van der Waals surface area contributed by atoms with E-state index in [2.05, 4.69) is 46.3 Å². The zero-order chi connectivity index (χ0) is 13.8. The largest absolute Gasteiger partial charge is 0.496 e. The predicted octanol–water partition coefficient (Wildman–Crippen LogP) is 3.85. The molecule has 1 aromatic heterocycles. The van der Waals surface area contributed by atoms with Crippen LogP contribution in [0.5, 0.6) is 5.75 Å². The summed E-state index contributed by atoms with van der Waals surface area (Å²) < 4.78 is 8.33. The summed E-state index contributed by atoms with van der Waals surface area (Å²) in [4.78, 5) is 0. The highest BCUT2D eigenvalue weighted by Crippen LogP contribution is 2.24. The average molecular weight is 324 g/mol. The van der Waals surface area contributed by atoms with Crippen LogP contribution >= 0.6 is 15.9 Å². The Morgan fingerprint density at radius 3 is 2.84 bits per heavy atom. The van der Waals surface area contributed by atoms with Crippen molar-refractivity contribution < 1.29 is 4.74 Å². The van der Waals surface area contributed by atoms with E-state index in [1.54, 1.807) is 7.11 Å². The van der Waals surface area contributed by atoms with Gasteiger partial charge in [-0.15, -0.1) is 0 Å². The summed E-state index contributed by atoms with van der Waals surface area (Å²) in [6.45, 7) is 4.91. The first-order valence-corrected chi connectivity index (χ1v) is 7.00. The molecule has 0 spiro atoms. The monoisotopic (exact) mass is 323 g/mol. The summed E-state index contributed by atoms with van der Waals surface area (Å²) in [5.41, 5.74) is 2.12. The third kappa shape index (κ3) is 3.50. The molecule has 2 aromatic rings. The molecule has 4 nitrogen and oxygen atoms in total. The number of nitrogens with zero attached hydrogens (tertiary/aromatic N) is 2. The van der Waals surface area contributed by atoms with Crippen molar-refractivity contribution in [2.75, 3.05) is 12.4 Å². The van der Waals surface area contributed by atoms with Gasteiger partial charge in [0.15, 0.2) is 0 Å². The summed E-state index contributed by atoms with van der Waals surface area (Å²) in [7, 11) is 1.68. The van der Waals surface area contributed by atoms with E-state index in [1.807, 2.05) is 29.2 Å². The van der Waals surface area contributed by atoms with Crippen molar-refractivity contribution in [3.05, 3.63) is 40.6 Å². The lowest BCUT2D eigenvalue weighted by atomic mass is 10.2. The number of rotatable bonds is 5. The van der Waals surface area contributed by atoms with E-state index in [1.165, 1.54) is 0 Å². The second-order valence-electron chi connectivity index (χ2n) is 4.61. The summed E-state index contributed by atoms with van der Waals surface area (Å²) in [6.07, 6.45) is 3.85. The molecule has 0 saturated heterocycles. The number of ether oxygens (including phenoxy) is 1. The van der Waals surface area contributed by atoms with Crippen LogP contribution in [-0.4, -0.2) is 16.9 Å². The lowest BCUT2D eigenvalue weighted by Crippen LogP contribution is -2.02. The van der Waals surface area contributed by atoms with Gasteiger partial charge in [0.1, 0.15) is 5.75 Å². The number of aromatic nitrogens is 2. The molecule has 19 heavy (non-hydrogen) atoms. The first-order chi connectivity index (χ1) is 9.10. The van der Waals surface area contributed by atoms with Gasteiger partial charge in [-0.2, -0.15) is 5.10 Å². The number of hydrogen-bond acceptors (Lipinski definition) is 3. The first-order valence-electron chi connectivity index (χ1n) is 6.20. The van der Waals surface area contributed by atoms with Crippen molar-refractivity contribution in [3.63, 3.8) is 0 Å². The van der Waals surface area contributed by atoms with E-state index >= 15 is 0 Å². The molecule has 0 aliphatic carbocycles. The van der Waals surface area contributed by atoms with Crippen LogP contribution in [0.1, 0.15) is 25.5 Å². The minimum absolute atomic E-state index is 0.371. The van der Waals surface area contributed by atoms with Gasteiger partial charge in [-0.25, -0.2) is 0 Å². The van der Waals surface area contributed by atoms with Crippen LogP contribution < -0.4 is 10.1 Å². The van der Waals surface area contributed by atoms with E-state index in [9.17, 15) is 0 Å². The lowest BCUT2D eigenvalue weighted by molar-refractivity contribution is 0.410. The molecule has 0 fully saturated rings. The number of methoxy groups -OCH3 is 1. The van der Waals surface area contributed by atoms with E-state index < -0.39 is 0 Å². The number of anilines is 1. The number of halogens is 1. The maximum absolute atomic E-state index is 5.35. The van der Waals surface area contributed by atoms with Crippen LogP contribution in [0.3, 0.4) is 0 Å². The van der Waals surface area contributed by atoms with E-state index in [4.69, 9.17) is 4.74 Å². The van der Waals surface area contributed by atoms with Crippen LogP contribution in [0.25, 0.3) is 0 Å². The van der Waals surface area contributed by atoms with Gasteiger partial charge in [-0.3, -0.25) is 4.68 Å². The van der Waals surface area contributed by atoms with Crippen LogP contribution in [-0.2, 0) is 6.54 Å². The maximum Gasteiger partial charge on any atom is 0.123 e. The molecule has 0 saturated carbocycles. The zero-order valence-corrected chi connectivity index (χ0v) is 12.9. The second-order valence-corrected chi connectivity index (χ2v) is 5.53. The SMILES string of the molecule is COc1ccc(Br)cc1CNc1cnn(C(C)C)c1. The third-order valence-electron chi connectivity index (χ3n) is 2.86. The van der Waals surface area contributed by atoms with Crippen molar-refractivity contribution in [2.24, 2.45) is 0 Å². The van der Waals surface area contributed by atoms with Gasteiger partial charge in [0.05, 0.1) is 19.0 Å². The van der Waals surface area contributed by atoms with E-state index in [0.717, 1.165) is 21.5 Å². The molecular weight excluding hydrogens is 306 g/mol. The van der Waals surface area contributed by atoms with E-state index in [0.29, 0.717) is 12.6 Å².